The van der Waals surface area contributed by atoms with Gasteiger partial charge in [-0.3, -0.25) is 4.79 Å². The molecule has 0 saturated carbocycles. The summed E-state index contributed by atoms with van der Waals surface area (Å²) in [6, 6.07) is 16.2. The summed E-state index contributed by atoms with van der Waals surface area (Å²) < 4.78 is 20.6. The summed E-state index contributed by atoms with van der Waals surface area (Å²) in [5, 5.41) is 1.05. The molecule has 0 amide bonds. The Hall–Kier alpha value is -3.19. The number of fused-ring (bicyclic) bond motifs is 1. The maximum atomic E-state index is 13.9. The minimum absolute atomic E-state index is 0.325. The molecule has 0 fully saturated rings. The van der Waals surface area contributed by atoms with Crippen molar-refractivity contribution in [2.75, 3.05) is 7.11 Å². The number of rotatable bonds is 5. The number of ether oxygens (including phenoxy) is 1. The van der Waals surface area contributed by atoms with Gasteiger partial charge < -0.3 is 9.30 Å². The highest BCUT2D eigenvalue weighted by molar-refractivity contribution is 8.00. The lowest BCUT2D eigenvalue weighted by molar-refractivity contribution is -0.139. The monoisotopic (exact) mass is 407 g/mol. The standard InChI is InChI=1S/C22H18FN3O2S/c1-14(22(27)28-2)29-21-19-18(15-7-4-3-5-8-15)12-26(20(19)24-13-25-21)17-10-6-9-16(23)11-17/h3-14H,1-2H3/t14-/m0/s1. The zero-order valence-corrected chi connectivity index (χ0v) is 16.7. The fourth-order valence-electron chi connectivity index (χ4n) is 3.16. The van der Waals surface area contributed by atoms with Gasteiger partial charge in [0.2, 0.25) is 0 Å². The van der Waals surface area contributed by atoms with E-state index in [-0.39, 0.29) is 11.8 Å². The Morgan fingerprint density at radius 3 is 2.66 bits per heavy atom. The lowest BCUT2D eigenvalue weighted by Crippen LogP contribution is -2.14. The Balaban J connectivity index is 1.95. The van der Waals surface area contributed by atoms with E-state index in [1.807, 2.05) is 47.2 Å². The second-order valence-corrected chi connectivity index (χ2v) is 7.75. The zero-order chi connectivity index (χ0) is 20.4. The number of nitrogens with zero attached hydrogens (tertiary/aromatic N) is 3. The summed E-state index contributed by atoms with van der Waals surface area (Å²) in [5.41, 5.74) is 3.19. The van der Waals surface area contributed by atoms with Crippen LogP contribution in [0.4, 0.5) is 4.39 Å². The summed E-state index contributed by atoms with van der Waals surface area (Å²) in [7, 11) is 1.37. The third-order valence-electron chi connectivity index (χ3n) is 4.54. The Labute approximate surface area is 171 Å². The van der Waals surface area contributed by atoms with Crippen molar-refractivity contribution >= 4 is 28.8 Å². The van der Waals surface area contributed by atoms with Crippen LogP contribution in [0.25, 0.3) is 27.8 Å². The van der Waals surface area contributed by atoms with Gasteiger partial charge in [-0.25, -0.2) is 14.4 Å². The van der Waals surface area contributed by atoms with Gasteiger partial charge in [0, 0.05) is 17.4 Å². The van der Waals surface area contributed by atoms with Crippen molar-refractivity contribution in [3.05, 3.63) is 72.9 Å². The average Bonchev–Trinajstić information content (AvgIpc) is 3.14. The first-order valence-electron chi connectivity index (χ1n) is 9.00. The molecule has 4 rings (SSSR count). The molecule has 0 spiro atoms. The third-order valence-corrected chi connectivity index (χ3v) is 5.62. The molecule has 29 heavy (non-hydrogen) atoms. The highest BCUT2D eigenvalue weighted by Gasteiger charge is 2.22. The van der Waals surface area contributed by atoms with Crippen LogP contribution in [-0.2, 0) is 9.53 Å². The normalized spacial score (nSPS) is 12.1. The number of aromatic nitrogens is 3. The molecule has 4 aromatic rings. The number of hydrogen-bond acceptors (Lipinski definition) is 5. The molecule has 0 saturated heterocycles. The van der Waals surface area contributed by atoms with Crippen molar-refractivity contribution in [1.29, 1.82) is 0 Å². The molecule has 2 aromatic carbocycles. The molecule has 2 aromatic heterocycles. The van der Waals surface area contributed by atoms with E-state index in [9.17, 15) is 9.18 Å². The zero-order valence-electron chi connectivity index (χ0n) is 15.9. The van der Waals surface area contributed by atoms with Crippen molar-refractivity contribution in [2.24, 2.45) is 0 Å². The quantitative estimate of drug-likeness (QED) is 0.268. The van der Waals surface area contributed by atoms with Crippen LogP contribution in [0.1, 0.15) is 6.92 Å². The van der Waals surface area contributed by atoms with E-state index in [0.29, 0.717) is 16.4 Å². The first-order chi connectivity index (χ1) is 14.1. The molecule has 0 aliphatic rings. The second kappa shape index (κ2) is 8.05. The number of hydrogen-bond donors (Lipinski definition) is 0. The predicted molar refractivity (Wildman–Crippen MR) is 112 cm³/mol. The van der Waals surface area contributed by atoms with Gasteiger partial charge in [-0.1, -0.05) is 48.2 Å². The number of thioether (sulfide) groups is 1. The Bertz CT molecular complexity index is 1180. The van der Waals surface area contributed by atoms with Crippen LogP contribution >= 0.6 is 11.8 Å². The van der Waals surface area contributed by atoms with Crippen LogP contribution < -0.4 is 0 Å². The summed E-state index contributed by atoms with van der Waals surface area (Å²) in [5.74, 6) is -0.652. The van der Waals surface area contributed by atoms with Gasteiger partial charge in [0.1, 0.15) is 28.1 Å². The highest BCUT2D eigenvalue weighted by atomic mass is 32.2. The van der Waals surface area contributed by atoms with E-state index < -0.39 is 5.25 Å². The first-order valence-corrected chi connectivity index (χ1v) is 9.88. The number of esters is 1. The van der Waals surface area contributed by atoms with Gasteiger partial charge in [-0.05, 0) is 30.7 Å². The minimum atomic E-state index is -0.431. The smallest absolute Gasteiger partial charge is 0.318 e. The molecule has 0 aliphatic heterocycles. The SMILES string of the molecule is COC(=O)[C@H](C)Sc1ncnc2c1c(-c1ccccc1)cn2-c1cccc(F)c1. The van der Waals surface area contributed by atoms with E-state index in [4.69, 9.17) is 4.74 Å². The maximum Gasteiger partial charge on any atom is 0.318 e. The van der Waals surface area contributed by atoms with Crippen LogP contribution in [0.15, 0.2) is 72.1 Å². The summed E-state index contributed by atoms with van der Waals surface area (Å²) >= 11 is 1.31. The maximum absolute atomic E-state index is 13.9. The number of carbonyl (C=O) groups is 1. The molecule has 0 aliphatic carbocycles. The van der Waals surface area contributed by atoms with E-state index in [2.05, 4.69) is 9.97 Å². The molecule has 7 heteroatoms. The van der Waals surface area contributed by atoms with Gasteiger partial charge in [0.15, 0.2) is 0 Å². The Kier molecular flexibility index (Phi) is 5.31. The predicted octanol–water partition coefficient (Wildman–Crippen LogP) is 4.88. The second-order valence-electron chi connectivity index (χ2n) is 6.42. The van der Waals surface area contributed by atoms with E-state index in [1.54, 1.807) is 13.0 Å². The van der Waals surface area contributed by atoms with E-state index in [0.717, 1.165) is 16.5 Å². The fourth-order valence-corrected chi connectivity index (χ4v) is 4.12. The number of carbonyl (C=O) groups excluding carboxylic acids is 1. The Morgan fingerprint density at radius 2 is 1.93 bits per heavy atom. The highest BCUT2D eigenvalue weighted by Crippen LogP contribution is 2.38. The van der Waals surface area contributed by atoms with Gasteiger partial charge >= 0.3 is 5.97 Å². The van der Waals surface area contributed by atoms with Gasteiger partial charge in [0.25, 0.3) is 0 Å². The van der Waals surface area contributed by atoms with Crippen LogP contribution in [-0.4, -0.2) is 32.9 Å². The average molecular weight is 407 g/mol. The van der Waals surface area contributed by atoms with Crippen LogP contribution in [0, 0.1) is 5.82 Å². The van der Waals surface area contributed by atoms with E-state index in [1.165, 1.54) is 37.3 Å². The number of methoxy groups -OCH3 is 1. The topological polar surface area (TPSA) is 57.0 Å². The van der Waals surface area contributed by atoms with Crippen molar-refractivity contribution in [1.82, 2.24) is 14.5 Å². The van der Waals surface area contributed by atoms with Crippen LogP contribution in [0.3, 0.4) is 0 Å². The molecule has 1 atom stereocenters. The first kappa shape index (κ1) is 19.1. The Morgan fingerprint density at radius 1 is 1.14 bits per heavy atom. The van der Waals surface area contributed by atoms with Gasteiger partial charge in [0.05, 0.1) is 12.5 Å². The molecule has 146 valence electrons. The minimum Gasteiger partial charge on any atom is -0.468 e. The van der Waals surface area contributed by atoms with Crippen molar-refractivity contribution in [3.8, 4) is 16.8 Å². The fraction of sp³-hybridized carbons (Fsp3) is 0.136. The third kappa shape index (κ3) is 3.73. The molecular formula is C22H18FN3O2S. The lowest BCUT2D eigenvalue weighted by atomic mass is 10.1. The molecule has 0 N–H and O–H groups in total. The van der Waals surface area contributed by atoms with Crippen LogP contribution in [0.2, 0.25) is 0 Å². The van der Waals surface area contributed by atoms with Crippen LogP contribution in [0.5, 0.6) is 0 Å². The molecule has 5 nitrogen and oxygen atoms in total. The van der Waals surface area contributed by atoms with E-state index >= 15 is 0 Å². The lowest BCUT2D eigenvalue weighted by Gasteiger charge is -2.10. The van der Waals surface area contributed by atoms with Crippen molar-refractivity contribution < 1.29 is 13.9 Å². The number of benzene rings is 2. The van der Waals surface area contributed by atoms with Crippen molar-refractivity contribution in [3.63, 3.8) is 0 Å². The largest absolute Gasteiger partial charge is 0.468 e. The molecule has 0 bridgehead atoms. The number of halogens is 1. The molecule has 2 heterocycles. The summed E-state index contributed by atoms with van der Waals surface area (Å²) in [4.78, 5) is 20.8. The summed E-state index contributed by atoms with van der Waals surface area (Å²) in [6.45, 7) is 1.77. The summed E-state index contributed by atoms with van der Waals surface area (Å²) in [6.07, 6.45) is 3.38. The van der Waals surface area contributed by atoms with Gasteiger partial charge in [-0.15, -0.1) is 0 Å². The van der Waals surface area contributed by atoms with Gasteiger partial charge in [-0.2, -0.15) is 0 Å². The molecule has 0 radical (unpaired) electrons. The van der Waals surface area contributed by atoms with Crippen molar-refractivity contribution in [2.45, 2.75) is 17.2 Å². The molecule has 0 unspecified atom stereocenters. The molecular weight excluding hydrogens is 389 g/mol.